The van der Waals surface area contributed by atoms with E-state index in [1.807, 2.05) is 29.8 Å². The van der Waals surface area contributed by atoms with Gasteiger partial charge in [-0.1, -0.05) is 19.3 Å². The molecule has 2 aliphatic rings. The number of amides is 1. The topological polar surface area (TPSA) is 77.0 Å². The molecule has 1 aromatic rings. The van der Waals surface area contributed by atoms with Gasteiger partial charge in [-0.15, -0.1) is 0 Å². The lowest BCUT2D eigenvalue weighted by Crippen LogP contribution is -2.50. The van der Waals surface area contributed by atoms with Crippen LogP contribution in [0.15, 0.2) is 12.7 Å². The van der Waals surface area contributed by atoms with Crippen molar-refractivity contribution in [1.82, 2.24) is 19.7 Å². The second-order valence-electron chi connectivity index (χ2n) is 8.84. The minimum absolute atomic E-state index is 0.200. The Hall–Kier alpha value is -1.43. The smallest absolute Gasteiger partial charge is 0.224 e. The van der Waals surface area contributed by atoms with Crippen molar-refractivity contribution in [2.24, 2.45) is 17.1 Å². The summed E-state index contributed by atoms with van der Waals surface area (Å²) in [5, 5.41) is 4.36. The van der Waals surface area contributed by atoms with Gasteiger partial charge in [0.2, 0.25) is 5.91 Å². The normalized spacial score (nSPS) is 22.1. The molecule has 1 saturated carbocycles. The summed E-state index contributed by atoms with van der Waals surface area (Å²) in [6, 6.07) is 0. The second-order valence-corrected chi connectivity index (χ2v) is 8.84. The van der Waals surface area contributed by atoms with Crippen molar-refractivity contribution in [3.63, 3.8) is 0 Å². The molecule has 0 atom stereocenters. The van der Waals surface area contributed by atoms with Crippen molar-refractivity contribution < 1.29 is 4.79 Å². The molecule has 1 aliphatic heterocycles. The predicted molar refractivity (Wildman–Crippen MR) is 97.7 cm³/mol. The number of piperidine rings is 1. The van der Waals surface area contributed by atoms with E-state index in [2.05, 4.69) is 10.1 Å². The molecule has 1 aromatic heterocycles. The van der Waals surface area contributed by atoms with Crippen LogP contribution >= 0.6 is 0 Å². The Bertz CT molecular complexity index is 549. The van der Waals surface area contributed by atoms with E-state index >= 15 is 0 Å². The van der Waals surface area contributed by atoms with E-state index in [9.17, 15) is 4.79 Å². The Morgan fingerprint density at radius 2 is 1.92 bits per heavy atom. The molecule has 0 radical (unpaired) electrons. The van der Waals surface area contributed by atoms with Gasteiger partial charge in [-0.25, -0.2) is 4.98 Å². The minimum Gasteiger partial charge on any atom is -0.343 e. The second kappa shape index (κ2) is 7.44. The Morgan fingerprint density at radius 3 is 2.48 bits per heavy atom. The molecule has 2 heterocycles. The van der Waals surface area contributed by atoms with Crippen LogP contribution in [0.3, 0.4) is 0 Å². The van der Waals surface area contributed by atoms with Crippen molar-refractivity contribution in [3.8, 4) is 0 Å². The van der Waals surface area contributed by atoms with Crippen molar-refractivity contribution >= 4 is 5.91 Å². The summed E-state index contributed by atoms with van der Waals surface area (Å²) in [7, 11) is 0. The summed E-state index contributed by atoms with van der Waals surface area (Å²) in [6.45, 7) is 6.47. The van der Waals surface area contributed by atoms with Crippen LogP contribution in [0.25, 0.3) is 0 Å². The molecule has 140 valence electrons. The van der Waals surface area contributed by atoms with Gasteiger partial charge in [-0.05, 0) is 50.9 Å². The van der Waals surface area contributed by atoms with E-state index in [-0.39, 0.29) is 11.3 Å². The third-order valence-electron chi connectivity index (χ3n) is 6.13. The predicted octanol–water partition coefficient (Wildman–Crippen LogP) is 2.59. The lowest BCUT2D eigenvalue weighted by Gasteiger charge is -2.48. The van der Waals surface area contributed by atoms with Gasteiger partial charge in [0.1, 0.15) is 12.7 Å². The van der Waals surface area contributed by atoms with Crippen LogP contribution in [-0.4, -0.2) is 44.2 Å². The van der Waals surface area contributed by atoms with Crippen LogP contribution in [0.5, 0.6) is 0 Å². The molecule has 1 amide bonds. The highest BCUT2D eigenvalue weighted by Crippen LogP contribution is 2.47. The molecular formula is C19H33N5O. The van der Waals surface area contributed by atoms with E-state index < -0.39 is 5.54 Å². The van der Waals surface area contributed by atoms with Gasteiger partial charge in [0.25, 0.3) is 0 Å². The molecule has 6 heteroatoms. The first kappa shape index (κ1) is 18.4. The number of nitrogens with zero attached hydrogens (tertiary/aromatic N) is 4. The molecule has 1 saturated heterocycles. The number of aromatic nitrogens is 3. The van der Waals surface area contributed by atoms with E-state index in [4.69, 9.17) is 5.73 Å². The largest absolute Gasteiger partial charge is 0.343 e. The first-order valence-electron chi connectivity index (χ1n) is 9.77. The summed E-state index contributed by atoms with van der Waals surface area (Å²) in [4.78, 5) is 18.7. The van der Waals surface area contributed by atoms with Gasteiger partial charge in [0.15, 0.2) is 0 Å². The van der Waals surface area contributed by atoms with E-state index in [1.54, 1.807) is 6.33 Å². The number of hydrogen-bond acceptors (Lipinski definition) is 4. The van der Waals surface area contributed by atoms with Crippen LogP contribution < -0.4 is 5.73 Å². The van der Waals surface area contributed by atoms with Crippen LogP contribution in [-0.2, 0) is 11.3 Å². The summed E-state index contributed by atoms with van der Waals surface area (Å²) < 4.78 is 2.00. The molecule has 0 aromatic carbocycles. The quantitative estimate of drug-likeness (QED) is 0.888. The average molecular weight is 348 g/mol. The highest BCUT2D eigenvalue weighted by atomic mass is 16.2. The fourth-order valence-corrected chi connectivity index (χ4v) is 4.75. The highest BCUT2D eigenvalue weighted by molar-refractivity contribution is 5.77. The van der Waals surface area contributed by atoms with Crippen molar-refractivity contribution in [1.29, 1.82) is 0 Å². The zero-order chi connectivity index (χ0) is 17.9. The summed E-state index contributed by atoms with van der Waals surface area (Å²) in [5.74, 6) is 0.944. The van der Waals surface area contributed by atoms with E-state index in [0.29, 0.717) is 6.42 Å². The average Bonchev–Trinajstić information content (AvgIpc) is 3.07. The molecule has 2 N–H and O–H groups in total. The third kappa shape index (κ3) is 4.60. The van der Waals surface area contributed by atoms with Gasteiger partial charge < -0.3 is 10.6 Å². The number of hydrogen-bond donors (Lipinski definition) is 1. The number of nitrogens with two attached hydrogens (primary N) is 1. The van der Waals surface area contributed by atoms with Gasteiger partial charge in [-0.2, -0.15) is 5.10 Å². The Balaban J connectivity index is 1.69. The molecule has 2 fully saturated rings. The summed E-state index contributed by atoms with van der Waals surface area (Å²) in [6.07, 6.45) is 12.7. The van der Waals surface area contributed by atoms with E-state index in [0.717, 1.165) is 38.4 Å². The molecule has 25 heavy (non-hydrogen) atoms. The molecule has 0 unspecified atom stereocenters. The Kier molecular flexibility index (Phi) is 5.46. The molecule has 0 spiro atoms. The number of carbonyl (C=O) groups is 1. The summed E-state index contributed by atoms with van der Waals surface area (Å²) in [5.41, 5.74) is 5.86. The fourth-order valence-electron chi connectivity index (χ4n) is 4.75. The SMILES string of the molecule is CC(C)(N)CC(=O)N1CCC(Cn2cncn2)(C2CCCCC2)CC1. The third-order valence-corrected chi connectivity index (χ3v) is 6.13. The summed E-state index contributed by atoms with van der Waals surface area (Å²) >= 11 is 0. The first-order chi connectivity index (χ1) is 11.9. The van der Waals surface area contributed by atoms with Gasteiger partial charge in [-0.3, -0.25) is 9.48 Å². The zero-order valence-electron chi connectivity index (χ0n) is 15.8. The monoisotopic (exact) mass is 347 g/mol. The van der Waals surface area contributed by atoms with Crippen molar-refractivity contribution in [2.75, 3.05) is 13.1 Å². The molecule has 6 nitrogen and oxygen atoms in total. The van der Waals surface area contributed by atoms with Crippen LogP contribution in [0.2, 0.25) is 0 Å². The van der Waals surface area contributed by atoms with E-state index in [1.165, 1.54) is 32.1 Å². The standard InChI is InChI=1S/C19H33N5O/c1-18(2,20)12-17(25)23-10-8-19(9-11-23,13-24-15-21-14-22-24)16-6-4-3-5-7-16/h14-16H,3-13,20H2,1-2H3. The first-order valence-corrected chi connectivity index (χ1v) is 9.77. The van der Waals surface area contributed by atoms with Crippen LogP contribution in [0, 0.1) is 11.3 Å². The van der Waals surface area contributed by atoms with Crippen LogP contribution in [0.4, 0.5) is 0 Å². The lowest BCUT2D eigenvalue weighted by atomic mass is 9.63. The Morgan fingerprint density at radius 1 is 1.24 bits per heavy atom. The Labute approximate surface area is 151 Å². The van der Waals surface area contributed by atoms with Gasteiger partial charge >= 0.3 is 0 Å². The maximum Gasteiger partial charge on any atom is 0.224 e. The number of carbonyl (C=O) groups excluding carboxylic acids is 1. The zero-order valence-corrected chi connectivity index (χ0v) is 15.8. The molecule has 0 bridgehead atoms. The molecular weight excluding hydrogens is 314 g/mol. The van der Waals surface area contributed by atoms with Gasteiger partial charge in [0, 0.05) is 31.6 Å². The van der Waals surface area contributed by atoms with Crippen molar-refractivity contribution in [3.05, 3.63) is 12.7 Å². The molecule has 1 aliphatic carbocycles. The van der Waals surface area contributed by atoms with Crippen LogP contribution in [0.1, 0.15) is 65.2 Å². The maximum atomic E-state index is 12.5. The van der Waals surface area contributed by atoms with Gasteiger partial charge in [0.05, 0.1) is 0 Å². The maximum absolute atomic E-state index is 12.5. The number of likely N-dealkylation sites (tertiary alicyclic amines) is 1. The van der Waals surface area contributed by atoms with Crippen molar-refractivity contribution in [2.45, 2.75) is 77.3 Å². The highest BCUT2D eigenvalue weighted by Gasteiger charge is 2.43. The molecule has 3 rings (SSSR count). The minimum atomic E-state index is -0.435. The fraction of sp³-hybridized carbons (Fsp3) is 0.842. The number of rotatable bonds is 5. The lowest BCUT2D eigenvalue weighted by molar-refractivity contribution is -0.135.